The summed E-state index contributed by atoms with van der Waals surface area (Å²) in [5, 5.41) is 7.03. The standard InChI is InChI=1S/C15H22N2O/c1-11(14-5-7-18-10-14)17-9-12-2-3-15-13(8-12)4-6-16-15/h2-3,8,11,14,16-17H,4-7,9-10H2,1H3. The van der Waals surface area contributed by atoms with Crippen LogP contribution in [0.3, 0.4) is 0 Å². The lowest BCUT2D eigenvalue weighted by Gasteiger charge is -2.19. The Hall–Kier alpha value is -1.06. The highest BCUT2D eigenvalue weighted by Gasteiger charge is 2.21. The van der Waals surface area contributed by atoms with Crippen molar-refractivity contribution in [2.75, 3.05) is 25.1 Å². The maximum Gasteiger partial charge on any atom is 0.0509 e. The van der Waals surface area contributed by atoms with Crippen LogP contribution in [0.1, 0.15) is 24.5 Å². The van der Waals surface area contributed by atoms with E-state index >= 15 is 0 Å². The van der Waals surface area contributed by atoms with Crippen LogP contribution in [0, 0.1) is 5.92 Å². The Morgan fingerprint density at radius 2 is 2.44 bits per heavy atom. The van der Waals surface area contributed by atoms with Gasteiger partial charge < -0.3 is 15.4 Å². The van der Waals surface area contributed by atoms with Crippen molar-refractivity contribution in [1.29, 1.82) is 0 Å². The Morgan fingerprint density at radius 3 is 3.28 bits per heavy atom. The molecule has 0 spiro atoms. The van der Waals surface area contributed by atoms with E-state index < -0.39 is 0 Å². The Morgan fingerprint density at radius 1 is 1.50 bits per heavy atom. The number of benzene rings is 1. The molecule has 0 aromatic heterocycles. The van der Waals surface area contributed by atoms with Crippen molar-refractivity contribution >= 4 is 5.69 Å². The average Bonchev–Trinajstić information content (AvgIpc) is 3.05. The number of fused-ring (bicyclic) bond motifs is 1. The van der Waals surface area contributed by atoms with Gasteiger partial charge in [0.1, 0.15) is 0 Å². The Balaban J connectivity index is 1.56. The molecule has 2 atom stereocenters. The maximum atomic E-state index is 5.44. The zero-order chi connectivity index (χ0) is 12.4. The van der Waals surface area contributed by atoms with E-state index in [0.29, 0.717) is 12.0 Å². The molecule has 2 unspecified atom stereocenters. The van der Waals surface area contributed by atoms with Gasteiger partial charge in [0.25, 0.3) is 0 Å². The molecule has 1 fully saturated rings. The molecule has 3 nitrogen and oxygen atoms in total. The van der Waals surface area contributed by atoms with Gasteiger partial charge in [0.15, 0.2) is 0 Å². The van der Waals surface area contributed by atoms with Gasteiger partial charge in [-0.2, -0.15) is 0 Å². The van der Waals surface area contributed by atoms with Crippen molar-refractivity contribution in [1.82, 2.24) is 5.32 Å². The van der Waals surface area contributed by atoms with Crippen molar-refractivity contribution in [3.05, 3.63) is 29.3 Å². The lowest BCUT2D eigenvalue weighted by atomic mass is 10.0. The third-order valence-corrected chi connectivity index (χ3v) is 4.18. The van der Waals surface area contributed by atoms with Crippen LogP contribution in [0.5, 0.6) is 0 Å². The first kappa shape index (κ1) is 12.0. The second-order valence-electron chi connectivity index (χ2n) is 5.46. The van der Waals surface area contributed by atoms with Crippen LogP contribution in [-0.2, 0) is 17.7 Å². The van der Waals surface area contributed by atoms with Crippen LogP contribution in [0.15, 0.2) is 18.2 Å². The first-order valence-corrected chi connectivity index (χ1v) is 7.00. The predicted molar refractivity (Wildman–Crippen MR) is 73.9 cm³/mol. The van der Waals surface area contributed by atoms with E-state index in [1.807, 2.05) is 0 Å². The molecule has 0 bridgehead atoms. The molecule has 2 N–H and O–H groups in total. The molecule has 2 aliphatic heterocycles. The van der Waals surface area contributed by atoms with Crippen LogP contribution < -0.4 is 10.6 Å². The van der Waals surface area contributed by atoms with E-state index in [-0.39, 0.29) is 0 Å². The molecule has 2 aliphatic rings. The zero-order valence-corrected chi connectivity index (χ0v) is 11.0. The molecule has 0 saturated carbocycles. The molecule has 0 aliphatic carbocycles. The van der Waals surface area contributed by atoms with Gasteiger partial charge in [-0.05, 0) is 42.9 Å². The third-order valence-electron chi connectivity index (χ3n) is 4.18. The summed E-state index contributed by atoms with van der Waals surface area (Å²) >= 11 is 0. The summed E-state index contributed by atoms with van der Waals surface area (Å²) in [6.07, 6.45) is 2.36. The third kappa shape index (κ3) is 2.52. The quantitative estimate of drug-likeness (QED) is 0.854. The molecule has 1 aromatic rings. The number of hydrogen-bond donors (Lipinski definition) is 2. The lowest BCUT2D eigenvalue weighted by molar-refractivity contribution is 0.178. The maximum absolute atomic E-state index is 5.44. The monoisotopic (exact) mass is 246 g/mol. The second-order valence-corrected chi connectivity index (χ2v) is 5.46. The summed E-state index contributed by atoms with van der Waals surface area (Å²) in [6, 6.07) is 7.31. The molecular weight excluding hydrogens is 224 g/mol. The smallest absolute Gasteiger partial charge is 0.0509 e. The minimum Gasteiger partial charge on any atom is -0.384 e. The van der Waals surface area contributed by atoms with Crippen LogP contribution in [0.25, 0.3) is 0 Å². The van der Waals surface area contributed by atoms with Crippen molar-refractivity contribution in [2.24, 2.45) is 5.92 Å². The number of anilines is 1. The van der Waals surface area contributed by atoms with Crippen LogP contribution >= 0.6 is 0 Å². The first-order chi connectivity index (χ1) is 8.83. The first-order valence-electron chi connectivity index (χ1n) is 7.00. The number of nitrogens with one attached hydrogen (secondary N) is 2. The lowest BCUT2D eigenvalue weighted by Crippen LogP contribution is -2.33. The molecule has 98 valence electrons. The molecule has 2 heterocycles. The summed E-state index contributed by atoms with van der Waals surface area (Å²) in [6.45, 7) is 6.17. The number of rotatable bonds is 4. The van der Waals surface area contributed by atoms with Gasteiger partial charge in [0, 0.05) is 31.4 Å². The highest BCUT2D eigenvalue weighted by molar-refractivity contribution is 5.56. The fourth-order valence-corrected chi connectivity index (χ4v) is 2.86. The summed E-state index contributed by atoms with van der Waals surface area (Å²) in [4.78, 5) is 0. The highest BCUT2D eigenvalue weighted by Crippen LogP contribution is 2.23. The van der Waals surface area contributed by atoms with E-state index in [4.69, 9.17) is 4.74 Å². The van der Waals surface area contributed by atoms with Crippen LogP contribution in [0.2, 0.25) is 0 Å². The minimum absolute atomic E-state index is 0.541. The normalized spacial score (nSPS) is 23.7. The van der Waals surface area contributed by atoms with E-state index in [2.05, 4.69) is 35.8 Å². The summed E-state index contributed by atoms with van der Waals surface area (Å²) in [5.41, 5.74) is 4.17. The summed E-state index contributed by atoms with van der Waals surface area (Å²) in [5.74, 6) is 0.682. The van der Waals surface area contributed by atoms with Gasteiger partial charge in [0.05, 0.1) is 6.61 Å². The van der Waals surface area contributed by atoms with Gasteiger partial charge in [-0.1, -0.05) is 12.1 Å². The molecule has 18 heavy (non-hydrogen) atoms. The SMILES string of the molecule is CC(NCc1ccc2c(c1)CCN2)C1CCOC1. The Labute approximate surface area is 109 Å². The van der Waals surface area contributed by atoms with E-state index in [9.17, 15) is 0 Å². The zero-order valence-electron chi connectivity index (χ0n) is 11.0. The Bertz CT molecular complexity index is 413. The van der Waals surface area contributed by atoms with Gasteiger partial charge in [-0.25, -0.2) is 0 Å². The van der Waals surface area contributed by atoms with Crippen molar-refractivity contribution in [3.63, 3.8) is 0 Å². The molecule has 3 rings (SSSR count). The van der Waals surface area contributed by atoms with E-state index in [0.717, 1.165) is 32.7 Å². The fraction of sp³-hybridized carbons (Fsp3) is 0.600. The summed E-state index contributed by atoms with van der Waals surface area (Å²) < 4.78 is 5.44. The van der Waals surface area contributed by atoms with Crippen molar-refractivity contribution in [3.8, 4) is 0 Å². The molecule has 3 heteroatoms. The van der Waals surface area contributed by atoms with E-state index in [1.54, 1.807) is 0 Å². The largest absolute Gasteiger partial charge is 0.384 e. The molecular formula is C15H22N2O. The van der Waals surface area contributed by atoms with Gasteiger partial charge in [-0.3, -0.25) is 0 Å². The van der Waals surface area contributed by atoms with Crippen molar-refractivity contribution < 1.29 is 4.74 Å². The van der Waals surface area contributed by atoms with E-state index in [1.165, 1.54) is 23.2 Å². The fourth-order valence-electron chi connectivity index (χ4n) is 2.86. The minimum atomic E-state index is 0.541. The van der Waals surface area contributed by atoms with Gasteiger partial charge in [-0.15, -0.1) is 0 Å². The highest BCUT2D eigenvalue weighted by atomic mass is 16.5. The average molecular weight is 246 g/mol. The summed E-state index contributed by atoms with van der Waals surface area (Å²) in [7, 11) is 0. The molecule has 0 amide bonds. The van der Waals surface area contributed by atoms with Crippen molar-refractivity contribution in [2.45, 2.75) is 32.4 Å². The van der Waals surface area contributed by atoms with Crippen LogP contribution in [-0.4, -0.2) is 25.8 Å². The molecule has 1 aromatic carbocycles. The second kappa shape index (κ2) is 5.29. The predicted octanol–water partition coefficient (Wildman–Crippen LogP) is 2.17. The number of ether oxygens (including phenoxy) is 1. The topological polar surface area (TPSA) is 33.3 Å². The van der Waals surface area contributed by atoms with Crippen LogP contribution in [0.4, 0.5) is 5.69 Å². The number of hydrogen-bond acceptors (Lipinski definition) is 3. The Kier molecular flexibility index (Phi) is 3.52. The molecule has 0 radical (unpaired) electrons. The van der Waals surface area contributed by atoms with Gasteiger partial charge in [0.2, 0.25) is 0 Å². The molecule has 1 saturated heterocycles. The van der Waals surface area contributed by atoms with Gasteiger partial charge >= 0.3 is 0 Å².